The largest absolute Gasteiger partial charge is 0.355 e. The zero-order valence-electron chi connectivity index (χ0n) is 18.4. The average molecular weight is 405 g/mol. The van der Waals surface area contributed by atoms with Gasteiger partial charge >= 0.3 is 0 Å². The zero-order chi connectivity index (χ0) is 21.4. The summed E-state index contributed by atoms with van der Waals surface area (Å²) in [5.74, 6) is 0. The lowest BCUT2D eigenvalue weighted by Crippen LogP contribution is -2.15. The minimum Gasteiger partial charge on any atom is -0.355 e. The molecule has 0 spiro atoms. The molecule has 5 rings (SSSR count). The van der Waals surface area contributed by atoms with Crippen LogP contribution in [-0.4, -0.2) is 6.54 Å². The fourth-order valence-electron chi connectivity index (χ4n) is 4.54. The molecule has 154 valence electrons. The zero-order valence-corrected chi connectivity index (χ0v) is 18.4. The van der Waals surface area contributed by atoms with Gasteiger partial charge in [0.05, 0.1) is 0 Å². The van der Waals surface area contributed by atoms with Crippen molar-refractivity contribution in [1.82, 2.24) is 0 Å². The van der Waals surface area contributed by atoms with Crippen molar-refractivity contribution >= 4 is 22.7 Å². The summed E-state index contributed by atoms with van der Waals surface area (Å²) in [6.07, 6.45) is 0.991. The lowest BCUT2D eigenvalue weighted by Gasteiger charge is -2.24. The highest BCUT2D eigenvalue weighted by molar-refractivity contribution is 5.84. The standard InChI is InChI=1S/C29H28N2/c1-4-31(25-13-10-20(2)11-14-25)26-15-12-22-17-23-18-29(30-24-8-6-5-7-9-24)21(3)16-27(23)28(22)19-26/h5-16,18-19,30H,4,17H2,1-3H3. The van der Waals surface area contributed by atoms with Gasteiger partial charge in [0.25, 0.3) is 0 Å². The van der Waals surface area contributed by atoms with E-state index in [0.29, 0.717) is 0 Å². The third-order valence-corrected chi connectivity index (χ3v) is 6.24. The van der Waals surface area contributed by atoms with Gasteiger partial charge in [0.1, 0.15) is 0 Å². The Morgan fingerprint density at radius 2 is 1.45 bits per heavy atom. The fourth-order valence-corrected chi connectivity index (χ4v) is 4.54. The summed E-state index contributed by atoms with van der Waals surface area (Å²) < 4.78 is 0. The third kappa shape index (κ3) is 3.70. The van der Waals surface area contributed by atoms with Gasteiger partial charge in [-0.25, -0.2) is 0 Å². The van der Waals surface area contributed by atoms with Gasteiger partial charge in [0, 0.05) is 29.3 Å². The molecule has 4 aromatic carbocycles. The topological polar surface area (TPSA) is 15.3 Å². The first-order chi connectivity index (χ1) is 15.1. The second-order valence-corrected chi connectivity index (χ2v) is 8.41. The van der Waals surface area contributed by atoms with Crippen LogP contribution < -0.4 is 10.2 Å². The SMILES string of the molecule is CCN(c1ccc(C)cc1)c1ccc2c(c1)-c1cc(C)c(Nc3ccccc3)cc1C2. The molecule has 0 aliphatic heterocycles. The highest BCUT2D eigenvalue weighted by atomic mass is 15.1. The molecule has 1 aliphatic carbocycles. The van der Waals surface area contributed by atoms with E-state index in [-0.39, 0.29) is 0 Å². The molecular formula is C29H28N2. The lowest BCUT2D eigenvalue weighted by atomic mass is 10.0. The van der Waals surface area contributed by atoms with E-state index < -0.39 is 0 Å². The summed E-state index contributed by atoms with van der Waals surface area (Å²) in [6, 6.07) is 30.8. The van der Waals surface area contributed by atoms with Gasteiger partial charge in [-0.05, 0) is 104 Å². The van der Waals surface area contributed by atoms with Crippen LogP contribution in [0.1, 0.15) is 29.2 Å². The molecule has 1 aliphatic rings. The van der Waals surface area contributed by atoms with Crippen molar-refractivity contribution in [3.8, 4) is 11.1 Å². The van der Waals surface area contributed by atoms with Crippen LogP contribution in [0.5, 0.6) is 0 Å². The van der Waals surface area contributed by atoms with Crippen LogP contribution in [-0.2, 0) is 6.42 Å². The first-order valence-corrected chi connectivity index (χ1v) is 11.1. The quantitative estimate of drug-likeness (QED) is 0.322. The van der Waals surface area contributed by atoms with Crippen molar-refractivity contribution in [3.63, 3.8) is 0 Å². The molecule has 0 atom stereocenters. The first kappa shape index (κ1) is 19.4. The second-order valence-electron chi connectivity index (χ2n) is 8.41. The Hall–Kier alpha value is -3.52. The molecule has 0 heterocycles. The van der Waals surface area contributed by atoms with Crippen LogP contribution in [0.2, 0.25) is 0 Å². The predicted octanol–water partition coefficient (Wildman–Crippen LogP) is 7.78. The number of benzene rings is 4. The van der Waals surface area contributed by atoms with E-state index in [2.05, 4.69) is 110 Å². The average Bonchev–Trinajstić information content (AvgIpc) is 3.13. The molecular weight excluding hydrogens is 376 g/mol. The van der Waals surface area contributed by atoms with E-state index in [9.17, 15) is 0 Å². The molecule has 0 fully saturated rings. The molecule has 0 unspecified atom stereocenters. The van der Waals surface area contributed by atoms with Crippen molar-refractivity contribution in [2.45, 2.75) is 27.2 Å². The molecule has 0 amide bonds. The smallest absolute Gasteiger partial charge is 0.0417 e. The third-order valence-electron chi connectivity index (χ3n) is 6.24. The van der Waals surface area contributed by atoms with Crippen molar-refractivity contribution in [2.24, 2.45) is 0 Å². The van der Waals surface area contributed by atoms with Crippen molar-refractivity contribution in [3.05, 3.63) is 107 Å². The Balaban J connectivity index is 1.50. The second kappa shape index (κ2) is 7.96. The van der Waals surface area contributed by atoms with Gasteiger partial charge in [0.15, 0.2) is 0 Å². The minimum absolute atomic E-state index is 0.938. The van der Waals surface area contributed by atoms with E-state index in [1.807, 2.05) is 6.07 Å². The Bertz CT molecular complexity index is 1220. The van der Waals surface area contributed by atoms with Gasteiger partial charge in [-0.3, -0.25) is 0 Å². The maximum absolute atomic E-state index is 3.59. The normalized spacial score (nSPS) is 11.7. The van der Waals surface area contributed by atoms with E-state index >= 15 is 0 Å². The molecule has 31 heavy (non-hydrogen) atoms. The maximum Gasteiger partial charge on any atom is 0.0417 e. The molecule has 0 radical (unpaired) electrons. The first-order valence-electron chi connectivity index (χ1n) is 11.1. The number of nitrogens with one attached hydrogen (secondary N) is 1. The van der Waals surface area contributed by atoms with Gasteiger partial charge in [0.2, 0.25) is 0 Å². The number of anilines is 4. The summed E-state index contributed by atoms with van der Waals surface area (Å²) >= 11 is 0. The van der Waals surface area contributed by atoms with Gasteiger partial charge in [-0.1, -0.05) is 42.0 Å². The van der Waals surface area contributed by atoms with Crippen LogP contribution >= 0.6 is 0 Å². The molecule has 2 nitrogen and oxygen atoms in total. The predicted molar refractivity (Wildman–Crippen MR) is 133 cm³/mol. The molecule has 4 aromatic rings. The van der Waals surface area contributed by atoms with E-state index in [4.69, 9.17) is 0 Å². The minimum atomic E-state index is 0.938. The summed E-state index contributed by atoms with van der Waals surface area (Å²) in [5, 5.41) is 3.59. The van der Waals surface area contributed by atoms with Crippen LogP contribution in [0.25, 0.3) is 11.1 Å². The summed E-state index contributed by atoms with van der Waals surface area (Å²) in [4.78, 5) is 2.38. The highest BCUT2D eigenvalue weighted by Crippen LogP contribution is 2.42. The number of hydrogen-bond acceptors (Lipinski definition) is 2. The Morgan fingerprint density at radius 3 is 2.19 bits per heavy atom. The Labute approximate surface area is 185 Å². The molecule has 0 saturated carbocycles. The lowest BCUT2D eigenvalue weighted by molar-refractivity contribution is 1.02. The monoisotopic (exact) mass is 404 g/mol. The fraction of sp³-hybridized carbons (Fsp3) is 0.172. The molecule has 0 bridgehead atoms. The Kier molecular flexibility index (Phi) is 4.99. The number of nitrogens with zero attached hydrogens (tertiary/aromatic N) is 1. The van der Waals surface area contributed by atoms with E-state index in [1.165, 1.54) is 50.4 Å². The Morgan fingerprint density at radius 1 is 0.742 bits per heavy atom. The number of hydrogen-bond donors (Lipinski definition) is 1. The number of rotatable bonds is 5. The molecule has 2 heteroatoms. The van der Waals surface area contributed by atoms with Gasteiger partial charge < -0.3 is 10.2 Å². The highest BCUT2D eigenvalue weighted by Gasteiger charge is 2.21. The molecule has 0 aromatic heterocycles. The van der Waals surface area contributed by atoms with Crippen LogP contribution in [0, 0.1) is 13.8 Å². The van der Waals surface area contributed by atoms with Crippen LogP contribution in [0.15, 0.2) is 84.9 Å². The molecule has 0 saturated heterocycles. The van der Waals surface area contributed by atoms with Crippen LogP contribution in [0.3, 0.4) is 0 Å². The summed E-state index contributed by atoms with van der Waals surface area (Å²) in [6.45, 7) is 7.48. The number of aryl methyl sites for hydroxylation is 2. The number of para-hydroxylation sites is 1. The van der Waals surface area contributed by atoms with E-state index in [1.54, 1.807) is 0 Å². The van der Waals surface area contributed by atoms with Gasteiger partial charge in [-0.2, -0.15) is 0 Å². The summed E-state index contributed by atoms with van der Waals surface area (Å²) in [7, 11) is 0. The van der Waals surface area contributed by atoms with Crippen LogP contribution in [0.4, 0.5) is 22.7 Å². The summed E-state index contributed by atoms with van der Waals surface area (Å²) in [5.41, 5.74) is 12.9. The molecule has 1 N–H and O–H groups in total. The van der Waals surface area contributed by atoms with Gasteiger partial charge in [-0.15, -0.1) is 0 Å². The van der Waals surface area contributed by atoms with Crippen molar-refractivity contribution in [2.75, 3.05) is 16.8 Å². The maximum atomic E-state index is 3.59. The van der Waals surface area contributed by atoms with E-state index in [0.717, 1.165) is 18.7 Å². The number of fused-ring (bicyclic) bond motifs is 3. The van der Waals surface area contributed by atoms with Crippen molar-refractivity contribution in [1.29, 1.82) is 0 Å². The van der Waals surface area contributed by atoms with Crippen molar-refractivity contribution < 1.29 is 0 Å².